The lowest BCUT2D eigenvalue weighted by Gasteiger charge is -2.12. The molecule has 5 heterocycles. The highest BCUT2D eigenvalue weighted by molar-refractivity contribution is 6.14. The predicted octanol–water partition coefficient (Wildman–Crippen LogP) is 16.5. The van der Waals surface area contributed by atoms with Crippen LogP contribution < -0.4 is 0 Å². The SMILES string of the molecule is c1ccc(-n2c3ccccc3c3cc(-c4ccc5oc6cccc(-c7nc(-c8cccc(-n9c%10ccccc%10c%10ccccc%109)c8)nc(-c8ccc9c(c8)oc8ccccc89)n7)c6c5c4)ccc32)cc1. The summed E-state index contributed by atoms with van der Waals surface area (Å²) < 4.78 is 17.7. The van der Waals surface area contributed by atoms with Gasteiger partial charge in [0.2, 0.25) is 0 Å². The van der Waals surface area contributed by atoms with Crippen LogP contribution in [0.3, 0.4) is 0 Å². The first-order valence-electron chi connectivity index (χ1n) is 23.5. The second kappa shape index (κ2) is 15.0. The van der Waals surface area contributed by atoms with E-state index in [-0.39, 0.29) is 0 Å². The van der Waals surface area contributed by atoms with Gasteiger partial charge in [0.1, 0.15) is 22.3 Å². The molecule has 0 N–H and O–H groups in total. The molecule has 0 saturated carbocycles. The predicted molar refractivity (Wildman–Crippen MR) is 285 cm³/mol. The van der Waals surface area contributed by atoms with E-state index in [0.717, 1.165) is 99.6 Å². The van der Waals surface area contributed by atoms with Crippen LogP contribution in [0.4, 0.5) is 0 Å². The average Bonchev–Trinajstić information content (AvgIpc) is 4.18. The van der Waals surface area contributed by atoms with Crippen molar-refractivity contribution >= 4 is 87.5 Å². The van der Waals surface area contributed by atoms with Crippen LogP contribution in [0.2, 0.25) is 0 Å². The van der Waals surface area contributed by atoms with Gasteiger partial charge < -0.3 is 18.0 Å². The molecule has 70 heavy (non-hydrogen) atoms. The number of rotatable bonds is 6. The molecule has 326 valence electrons. The Balaban J connectivity index is 0.919. The van der Waals surface area contributed by atoms with E-state index in [1.807, 2.05) is 36.4 Å². The number of furan rings is 2. The lowest BCUT2D eigenvalue weighted by atomic mass is 9.99. The minimum Gasteiger partial charge on any atom is -0.456 e. The molecule has 0 aliphatic heterocycles. The smallest absolute Gasteiger partial charge is 0.164 e. The maximum atomic E-state index is 6.63. The minimum absolute atomic E-state index is 0.540. The summed E-state index contributed by atoms with van der Waals surface area (Å²) in [6.45, 7) is 0. The summed E-state index contributed by atoms with van der Waals surface area (Å²) >= 11 is 0. The molecule has 5 aromatic heterocycles. The highest BCUT2D eigenvalue weighted by Gasteiger charge is 2.21. The van der Waals surface area contributed by atoms with Gasteiger partial charge in [-0.3, -0.25) is 0 Å². The van der Waals surface area contributed by atoms with Crippen molar-refractivity contribution in [3.63, 3.8) is 0 Å². The fourth-order valence-corrected chi connectivity index (χ4v) is 10.8. The van der Waals surface area contributed by atoms with Crippen molar-refractivity contribution in [1.29, 1.82) is 0 Å². The van der Waals surface area contributed by atoms with Crippen molar-refractivity contribution < 1.29 is 8.83 Å². The number of hydrogen-bond donors (Lipinski definition) is 0. The molecule has 15 aromatic rings. The van der Waals surface area contributed by atoms with E-state index in [2.05, 4.69) is 197 Å². The van der Waals surface area contributed by atoms with E-state index in [9.17, 15) is 0 Å². The molecule has 0 aliphatic carbocycles. The summed E-state index contributed by atoms with van der Waals surface area (Å²) in [7, 11) is 0. The van der Waals surface area contributed by atoms with Crippen molar-refractivity contribution in [2.75, 3.05) is 0 Å². The normalized spacial score (nSPS) is 12.0. The average molecular weight is 896 g/mol. The first-order valence-corrected chi connectivity index (χ1v) is 23.5. The number of nitrogens with zero attached hydrogens (tertiary/aromatic N) is 5. The zero-order valence-electron chi connectivity index (χ0n) is 37.4. The van der Waals surface area contributed by atoms with Crippen molar-refractivity contribution in [2.45, 2.75) is 0 Å². The number of para-hydroxylation sites is 5. The van der Waals surface area contributed by atoms with Gasteiger partial charge in [-0.05, 0) is 102 Å². The van der Waals surface area contributed by atoms with Gasteiger partial charge in [-0.2, -0.15) is 0 Å². The molecular formula is C63H37N5O2. The molecule has 0 radical (unpaired) electrons. The number of fused-ring (bicyclic) bond motifs is 12. The summed E-state index contributed by atoms with van der Waals surface area (Å²) in [5, 5.41) is 8.85. The van der Waals surface area contributed by atoms with Gasteiger partial charge >= 0.3 is 0 Å². The molecule has 7 nitrogen and oxygen atoms in total. The van der Waals surface area contributed by atoms with Gasteiger partial charge in [0.05, 0.1) is 22.1 Å². The summed E-state index contributed by atoms with van der Waals surface area (Å²) in [6, 6.07) is 78.6. The highest BCUT2D eigenvalue weighted by atomic mass is 16.3. The van der Waals surface area contributed by atoms with E-state index < -0.39 is 0 Å². The van der Waals surface area contributed by atoms with Crippen LogP contribution in [0.5, 0.6) is 0 Å². The van der Waals surface area contributed by atoms with E-state index in [4.69, 9.17) is 23.8 Å². The van der Waals surface area contributed by atoms with Crippen LogP contribution >= 0.6 is 0 Å². The van der Waals surface area contributed by atoms with Crippen LogP contribution in [0.25, 0.3) is 144 Å². The third kappa shape index (κ3) is 5.85. The Labute approximate surface area is 399 Å². The fourth-order valence-electron chi connectivity index (χ4n) is 10.8. The maximum absolute atomic E-state index is 6.63. The van der Waals surface area contributed by atoms with Gasteiger partial charge in [-0.1, -0.05) is 133 Å². The molecule has 15 rings (SSSR count). The van der Waals surface area contributed by atoms with Crippen LogP contribution in [0.15, 0.2) is 233 Å². The molecule has 10 aromatic carbocycles. The fraction of sp³-hybridized carbons (Fsp3) is 0. The minimum atomic E-state index is 0.540. The zero-order chi connectivity index (χ0) is 45.9. The van der Waals surface area contributed by atoms with Crippen LogP contribution in [-0.2, 0) is 0 Å². The quantitative estimate of drug-likeness (QED) is 0.166. The molecule has 0 saturated heterocycles. The number of hydrogen-bond acceptors (Lipinski definition) is 5. The third-order valence-corrected chi connectivity index (χ3v) is 14.0. The summed E-state index contributed by atoms with van der Waals surface area (Å²) in [4.78, 5) is 15.9. The van der Waals surface area contributed by atoms with Gasteiger partial charge in [0.25, 0.3) is 0 Å². The van der Waals surface area contributed by atoms with Crippen LogP contribution in [-0.4, -0.2) is 24.1 Å². The lowest BCUT2D eigenvalue weighted by Crippen LogP contribution is -2.01. The van der Waals surface area contributed by atoms with Gasteiger partial charge in [-0.15, -0.1) is 0 Å². The standard InChI is InChI=1S/C63H37N5O2/c1-2-15-42(16-3-1)67-54-25-10-6-20-46(54)50-35-38(29-32-55(50)67)39-30-33-57-51(36-39)60-49(22-13-27-58(60)69-57)63-65-61(64-62(66-63)41-28-31-48-47-21-7-11-26-56(47)70-59(48)37-41)40-14-12-17-43(34-40)68-52-23-8-4-18-44(52)45-19-5-9-24-53(45)68/h1-37H. The molecule has 7 heteroatoms. The summed E-state index contributed by atoms with van der Waals surface area (Å²) in [6.07, 6.45) is 0. The molecule has 0 bridgehead atoms. The molecule has 0 unspecified atom stereocenters. The molecule has 0 aliphatic rings. The first kappa shape index (κ1) is 38.5. The van der Waals surface area contributed by atoms with Crippen molar-refractivity contribution in [3.05, 3.63) is 224 Å². The Morgan fingerprint density at radius 2 is 0.771 bits per heavy atom. The Hall–Kier alpha value is -9.59. The van der Waals surface area contributed by atoms with Crippen LogP contribution in [0.1, 0.15) is 0 Å². The number of benzene rings is 10. The highest BCUT2D eigenvalue weighted by Crippen LogP contribution is 2.41. The number of aromatic nitrogens is 5. The Kier molecular flexibility index (Phi) is 8.23. The van der Waals surface area contributed by atoms with E-state index in [1.54, 1.807) is 0 Å². The van der Waals surface area contributed by atoms with E-state index in [0.29, 0.717) is 17.5 Å². The summed E-state index contributed by atoms with van der Waals surface area (Å²) in [5.74, 6) is 1.64. The van der Waals surface area contributed by atoms with E-state index in [1.165, 1.54) is 27.1 Å². The van der Waals surface area contributed by atoms with Crippen molar-refractivity contribution in [2.24, 2.45) is 0 Å². The molecule has 0 spiro atoms. The first-order chi connectivity index (χ1) is 34.7. The molecule has 0 fully saturated rings. The van der Waals surface area contributed by atoms with Crippen molar-refractivity contribution in [1.82, 2.24) is 24.1 Å². The topological polar surface area (TPSA) is 74.8 Å². The molecule has 0 atom stereocenters. The van der Waals surface area contributed by atoms with Gasteiger partial charge in [0, 0.05) is 71.2 Å². The second-order valence-corrected chi connectivity index (χ2v) is 17.9. The Morgan fingerprint density at radius 3 is 1.53 bits per heavy atom. The maximum Gasteiger partial charge on any atom is 0.164 e. The third-order valence-electron chi connectivity index (χ3n) is 14.0. The Morgan fingerprint density at radius 1 is 0.271 bits per heavy atom. The Bertz CT molecular complexity index is 4560. The molecule has 0 amide bonds. The lowest BCUT2D eigenvalue weighted by molar-refractivity contribution is 0.668. The second-order valence-electron chi connectivity index (χ2n) is 17.9. The summed E-state index contributed by atoms with van der Waals surface area (Å²) in [5.41, 5.74) is 14.6. The zero-order valence-corrected chi connectivity index (χ0v) is 37.4. The monoisotopic (exact) mass is 895 g/mol. The largest absolute Gasteiger partial charge is 0.456 e. The van der Waals surface area contributed by atoms with Crippen molar-refractivity contribution in [3.8, 4) is 56.7 Å². The van der Waals surface area contributed by atoms with E-state index >= 15 is 0 Å². The van der Waals surface area contributed by atoms with Gasteiger partial charge in [0.15, 0.2) is 17.5 Å². The van der Waals surface area contributed by atoms with Crippen LogP contribution in [0, 0.1) is 0 Å². The van der Waals surface area contributed by atoms with Gasteiger partial charge in [-0.25, -0.2) is 15.0 Å². The molecular weight excluding hydrogens is 859 g/mol.